The zero-order valence-electron chi connectivity index (χ0n) is 15.4. The minimum absolute atomic E-state index is 0.135. The third-order valence-electron chi connectivity index (χ3n) is 5.75. The Hall–Kier alpha value is -1.99. The lowest BCUT2D eigenvalue weighted by atomic mass is 9.88. The molecule has 1 saturated carbocycles. The molecule has 2 heterocycles. The van der Waals surface area contributed by atoms with Crippen LogP contribution >= 0.6 is 0 Å². The number of fused-ring (bicyclic) bond motifs is 1. The maximum atomic E-state index is 13.0. The van der Waals surface area contributed by atoms with Gasteiger partial charge in [0, 0.05) is 49.9 Å². The molecular weight excluding hydrogens is 362 g/mol. The van der Waals surface area contributed by atoms with E-state index >= 15 is 0 Å². The Bertz CT molecular complexity index is 930. The first-order valence-corrected chi connectivity index (χ1v) is 11.1. The molecule has 0 atom stereocenters. The molecule has 1 aromatic heterocycles. The monoisotopic (exact) mass is 387 g/mol. The van der Waals surface area contributed by atoms with Crippen molar-refractivity contribution in [3.05, 3.63) is 36.7 Å². The van der Waals surface area contributed by atoms with E-state index in [0.29, 0.717) is 31.1 Å². The fraction of sp³-hybridized carbons (Fsp3) is 0.500. The van der Waals surface area contributed by atoms with Gasteiger partial charge in [-0.3, -0.25) is 9.78 Å². The largest absolute Gasteiger partial charge is 0.340 e. The van der Waals surface area contributed by atoms with Crippen molar-refractivity contribution in [1.82, 2.24) is 14.2 Å². The fourth-order valence-corrected chi connectivity index (χ4v) is 5.59. The molecule has 144 valence electrons. The zero-order chi connectivity index (χ0) is 18.9. The van der Waals surface area contributed by atoms with E-state index in [1.54, 1.807) is 30.6 Å². The summed E-state index contributed by atoms with van der Waals surface area (Å²) in [7, 11) is -3.55. The maximum absolute atomic E-state index is 13.0. The molecule has 2 aliphatic rings. The van der Waals surface area contributed by atoms with Gasteiger partial charge in [-0.1, -0.05) is 25.3 Å². The van der Waals surface area contributed by atoms with Crippen molar-refractivity contribution in [2.24, 2.45) is 5.92 Å². The lowest BCUT2D eigenvalue weighted by molar-refractivity contribution is -0.137. The zero-order valence-corrected chi connectivity index (χ0v) is 16.2. The van der Waals surface area contributed by atoms with E-state index in [4.69, 9.17) is 0 Å². The molecule has 0 N–H and O–H groups in total. The fourth-order valence-electron chi connectivity index (χ4n) is 4.13. The first kappa shape index (κ1) is 18.4. The Kier molecular flexibility index (Phi) is 5.14. The number of sulfonamides is 1. The second kappa shape index (κ2) is 7.56. The van der Waals surface area contributed by atoms with Gasteiger partial charge in [-0.2, -0.15) is 4.31 Å². The Morgan fingerprint density at radius 3 is 2.44 bits per heavy atom. The molecule has 2 aromatic rings. The van der Waals surface area contributed by atoms with Crippen molar-refractivity contribution in [3.8, 4) is 0 Å². The Morgan fingerprint density at radius 1 is 0.963 bits per heavy atom. The average Bonchev–Trinajstić information content (AvgIpc) is 2.73. The Labute approximate surface area is 160 Å². The van der Waals surface area contributed by atoms with Gasteiger partial charge in [0.15, 0.2) is 0 Å². The van der Waals surface area contributed by atoms with Gasteiger partial charge in [0.1, 0.15) is 0 Å². The summed E-state index contributed by atoms with van der Waals surface area (Å²) in [6.45, 7) is 1.67. The van der Waals surface area contributed by atoms with Crippen LogP contribution in [0.5, 0.6) is 0 Å². The summed E-state index contributed by atoms with van der Waals surface area (Å²) in [5.74, 6) is 0.348. The standard InChI is InChI=1S/C20H25N3O3S/c24-20(16-4-2-1-3-5-16)22-10-12-23(13-11-22)27(25,26)19-7-6-18-15-21-9-8-17(18)14-19/h6-9,14-16H,1-5,10-13H2. The van der Waals surface area contributed by atoms with Crippen LogP contribution < -0.4 is 0 Å². The van der Waals surface area contributed by atoms with E-state index in [9.17, 15) is 13.2 Å². The third-order valence-corrected chi connectivity index (χ3v) is 7.65. The number of carbonyl (C=O) groups is 1. The molecule has 1 saturated heterocycles. The maximum Gasteiger partial charge on any atom is 0.243 e. The van der Waals surface area contributed by atoms with E-state index in [-0.39, 0.29) is 11.8 Å². The average molecular weight is 388 g/mol. The van der Waals surface area contributed by atoms with Crippen LogP contribution in [0.2, 0.25) is 0 Å². The van der Waals surface area contributed by atoms with Gasteiger partial charge < -0.3 is 4.90 Å². The molecule has 4 rings (SSSR count). The van der Waals surface area contributed by atoms with Crippen molar-refractivity contribution < 1.29 is 13.2 Å². The SMILES string of the molecule is O=C(C1CCCCC1)N1CCN(S(=O)(=O)c2ccc3cnccc3c2)CC1. The van der Waals surface area contributed by atoms with E-state index in [0.717, 1.165) is 36.5 Å². The summed E-state index contributed by atoms with van der Waals surface area (Å²) in [5, 5.41) is 1.77. The van der Waals surface area contributed by atoms with Crippen LogP contribution in [-0.4, -0.2) is 54.7 Å². The molecule has 7 heteroatoms. The lowest BCUT2D eigenvalue weighted by Crippen LogP contribution is -2.52. The van der Waals surface area contributed by atoms with Crippen molar-refractivity contribution in [2.45, 2.75) is 37.0 Å². The summed E-state index contributed by atoms with van der Waals surface area (Å²) in [5.41, 5.74) is 0. The van der Waals surface area contributed by atoms with E-state index in [2.05, 4.69) is 4.98 Å². The number of hydrogen-bond acceptors (Lipinski definition) is 4. The third kappa shape index (κ3) is 3.71. The van der Waals surface area contributed by atoms with E-state index < -0.39 is 10.0 Å². The van der Waals surface area contributed by atoms with E-state index in [1.807, 2.05) is 11.0 Å². The van der Waals surface area contributed by atoms with E-state index in [1.165, 1.54) is 10.7 Å². The number of hydrogen-bond donors (Lipinski definition) is 0. The van der Waals surface area contributed by atoms with Crippen molar-refractivity contribution >= 4 is 26.7 Å². The van der Waals surface area contributed by atoms with Gasteiger partial charge in [0.25, 0.3) is 0 Å². The Balaban J connectivity index is 1.45. The summed E-state index contributed by atoms with van der Waals surface area (Å²) in [6.07, 6.45) is 8.81. The molecule has 1 aliphatic carbocycles. The number of rotatable bonds is 3. The second-order valence-electron chi connectivity index (χ2n) is 7.45. The Morgan fingerprint density at radius 2 is 1.70 bits per heavy atom. The normalized spacial score (nSPS) is 20.1. The van der Waals surface area contributed by atoms with Crippen molar-refractivity contribution in [1.29, 1.82) is 0 Å². The molecule has 27 heavy (non-hydrogen) atoms. The number of carbonyl (C=O) groups excluding carboxylic acids is 1. The van der Waals surface area contributed by atoms with Gasteiger partial charge in [0.2, 0.25) is 15.9 Å². The molecule has 1 aromatic carbocycles. The minimum Gasteiger partial charge on any atom is -0.340 e. The molecule has 6 nitrogen and oxygen atoms in total. The predicted octanol–water partition coefficient (Wildman–Crippen LogP) is 2.65. The van der Waals surface area contributed by atoms with Gasteiger partial charge in [-0.15, -0.1) is 0 Å². The highest BCUT2D eigenvalue weighted by Gasteiger charge is 2.32. The lowest BCUT2D eigenvalue weighted by Gasteiger charge is -2.36. The number of nitrogens with zero attached hydrogens (tertiary/aromatic N) is 3. The van der Waals surface area contributed by atoms with Crippen LogP contribution in [0.1, 0.15) is 32.1 Å². The van der Waals surface area contributed by atoms with Crippen molar-refractivity contribution in [2.75, 3.05) is 26.2 Å². The summed E-state index contributed by atoms with van der Waals surface area (Å²) < 4.78 is 27.5. The van der Waals surface area contributed by atoms with Crippen molar-refractivity contribution in [3.63, 3.8) is 0 Å². The van der Waals surface area contributed by atoms with Crippen LogP contribution in [-0.2, 0) is 14.8 Å². The molecule has 1 amide bonds. The second-order valence-corrected chi connectivity index (χ2v) is 9.39. The van der Waals surface area contributed by atoms with Gasteiger partial charge in [0.05, 0.1) is 4.90 Å². The van der Waals surface area contributed by atoms with Crippen LogP contribution in [0.25, 0.3) is 10.8 Å². The highest BCUT2D eigenvalue weighted by Crippen LogP contribution is 2.27. The van der Waals surface area contributed by atoms with Gasteiger partial charge in [-0.25, -0.2) is 8.42 Å². The highest BCUT2D eigenvalue weighted by molar-refractivity contribution is 7.89. The first-order chi connectivity index (χ1) is 13.1. The summed E-state index contributed by atoms with van der Waals surface area (Å²) in [4.78, 5) is 18.9. The van der Waals surface area contributed by atoms with Gasteiger partial charge in [-0.05, 0) is 36.4 Å². The number of aromatic nitrogens is 1. The quantitative estimate of drug-likeness (QED) is 0.812. The summed E-state index contributed by atoms with van der Waals surface area (Å²) >= 11 is 0. The highest BCUT2D eigenvalue weighted by atomic mass is 32.2. The predicted molar refractivity (Wildman–Crippen MR) is 104 cm³/mol. The molecule has 0 spiro atoms. The molecule has 2 fully saturated rings. The topological polar surface area (TPSA) is 70.6 Å². The van der Waals surface area contributed by atoms with Crippen LogP contribution in [0.4, 0.5) is 0 Å². The number of piperazine rings is 1. The molecular formula is C20H25N3O3S. The van der Waals surface area contributed by atoms with Crippen LogP contribution in [0, 0.1) is 5.92 Å². The number of amides is 1. The number of pyridine rings is 1. The molecule has 0 bridgehead atoms. The summed E-state index contributed by atoms with van der Waals surface area (Å²) in [6, 6.07) is 6.94. The molecule has 0 unspecified atom stereocenters. The molecule has 1 aliphatic heterocycles. The van der Waals surface area contributed by atoms with Crippen LogP contribution in [0.15, 0.2) is 41.6 Å². The first-order valence-electron chi connectivity index (χ1n) is 9.68. The minimum atomic E-state index is -3.55. The van der Waals surface area contributed by atoms with Gasteiger partial charge >= 0.3 is 0 Å². The molecule has 0 radical (unpaired) electrons. The smallest absolute Gasteiger partial charge is 0.243 e. The van der Waals surface area contributed by atoms with Crippen LogP contribution in [0.3, 0.4) is 0 Å². The number of benzene rings is 1.